The van der Waals surface area contributed by atoms with E-state index in [9.17, 15) is 4.79 Å². The molecule has 2 aromatic heterocycles. The molecule has 4 aromatic rings. The molecule has 1 N–H and O–H groups in total. The van der Waals surface area contributed by atoms with Gasteiger partial charge in [0, 0.05) is 6.20 Å². The van der Waals surface area contributed by atoms with Crippen molar-refractivity contribution in [3.05, 3.63) is 59.5 Å². The highest BCUT2D eigenvalue weighted by molar-refractivity contribution is 6.28. The van der Waals surface area contributed by atoms with Gasteiger partial charge in [-0.1, -0.05) is 38.0 Å². The summed E-state index contributed by atoms with van der Waals surface area (Å²) in [6.07, 6.45) is 4.15. The zero-order valence-corrected chi connectivity index (χ0v) is 19.1. The van der Waals surface area contributed by atoms with Crippen molar-refractivity contribution in [2.45, 2.75) is 26.2 Å². The lowest BCUT2D eigenvalue weighted by Gasteiger charge is -2.15. The van der Waals surface area contributed by atoms with E-state index in [4.69, 9.17) is 25.5 Å². The van der Waals surface area contributed by atoms with E-state index in [2.05, 4.69) is 27.2 Å². The Hall–Kier alpha value is -3.65. The molecular weight excluding hydrogens is 444 g/mol. The molecule has 0 aliphatic carbocycles. The number of hydrogen-bond acceptors (Lipinski definition) is 8. The Labute approximate surface area is 195 Å². The first-order valence-electron chi connectivity index (χ1n) is 10.6. The number of unbranched alkanes of at least 4 members (excludes halogenated alkanes) is 2. The van der Waals surface area contributed by atoms with E-state index < -0.39 is 5.97 Å². The predicted molar refractivity (Wildman–Crippen MR) is 126 cm³/mol. The molecule has 4 rings (SSSR count). The number of ether oxygens (including phenoxy) is 2. The SMILES string of the molecule is CCCCCOC(=O)c1cnc(Cl)nc1Nc1cccc(-c2nc3ccccc3o2)c1OC. The van der Waals surface area contributed by atoms with E-state index in [1.807, 2.05) is 36.4 Å². The van der Waals surface area contributed by atoms with Gasteiger partial charge in [-0.2, -0.15) is 4.98 Å². The van der Waals surface area contributed by atoms with Gasteiger partial charge in [0.1, 0.15) is 16.9 Å². The van der Waals surface area contributed by atoms with Gasteiger partial charge >= 0.3 is 5.97 Å². The quantitative estimate of drug-likeness (QED) is 0.181. The summed E-state index contributed by atoms with van der Waals surface area (Å²) in [5, 5.41) is 3.12. The molecule has 0 radical (unpaired) electrons. The highest BCUT2D eigenvalue weighted by atomic mass is 35.5. The summed E-state index contributed by atoms with van der Waals surface area (Å²) in [4.78, 5) is 25.3. The first-order chi connectivity index (χ1) is 16.1. The number of nitrogens with one attached hydrogen (secondary N) is 1. The van der Waals surface area contributed by atoms with Crippen molar-refractivity contribution in [2.75, 3.05) is 19.0 Å². The third-order valence-electron chi connectivity index (χ3n) is 4.96. The number of nitrogens with zero attached hydrogens (tertiary/aromatic N) is 3. The van der Waals surface area contributed by atoms with Crippen LogP contribution in [0.4, 0.5) is 11.5 Å². The minimum Gasteiger partial charge on any atom is -0.494 e. The van der Waals surface area contributed by atoms with Gasteiger partial charge in [-0.15, -0.1) is 0 Å². The Morgan fingerprint density at radius 1 is 1.12 bits per heavy atom. The summed E-state index contributed by atoms with van der Waals surface area (Å²) in [5.74, 6) is 0.567. The monoisotopic (exact) mass is 466 g/mol. The summed E-state index contributed by atoms with van der Waals surface area (Å²) < 4.78 is 16.9. The number of benzene rings is 2. The van der Waals surface area contributed by atoms with Gasteiger partial charge < -0.3 is 19.2 Å². The minimum absolute atomic E-state index is 0.00546. The van der Waals surface area contributed by atoms with E-state index in [0.717, 1.165) is 24.8 Å². The number of para-hydroxylation sites is 3. The number of hydrogen-bond donors (Lipinski definition) is 1. The maximum Gasteiger partial charge on any atom is 0.343 e. The van der Waals surface area contributed by atoms with Crippen LogP contribution in [-0.2, 0) is 4.74 Å². The maximum atomic E-state index is 12.6. The molecule has 33 heavy (non-hydrogen) atoms. The number of esters is 1. The van der Waals surface area contributed by atoms with E-state index in [0.29, 0.717) is 35.1 Å². The van der Waals surface area contributed by atoms with Crippen LogP contribution in [0.5, 0.6) is 5.75 Å². The van der Waals surface area contributed by atoms with Crippen molar-refractivity contribution in [2.24, 2.45) is 0 Å². The average molecular weight is 467 g/mol. The number of carbonyl (C=O) groups is 1. The fraction of sp³-hybridized carbons (Fsp3) is 0.250. The number of anilines is 2. The van der Waals surface area contributed by atoms with Gasteiger partial charge in [0.05, 0.1) is 25.0 Å². The lowest BCUT2D eigenvalue weighted by Crippen LogP contribution is -2.11. The van der Waals surface area contributed by atoms with Gasteiger partial charge in [-0.3, -0.25) is 0 Å². The topological polar surface area (TPSA) is 99.4 Å². The molecule has 0 aliphatic rings. The van der Waals surface area contributed by atoms with Gasteiger partial charge in [0.2, 0.25) is 11.2 Å². The number of aromatic nitrogens is 3. The number of rotatable bonds is 9. The van der Waals surface area contributed by atoms with Crippen LogP contribution in [0.15, 0.2) is 53.1 Å². The van der Waals surface area contributed by atoms with Gasteiger partial charge in [-0.25, -0.2) is 14.8 Å². The highest BCUT2D eigenvalue weighted by Crippen LogP contribution is 2.38. The summed E-state index contributed by atoms with van der Waals surface area (Å²) in [6, 6.07) is 12.9. The van der Waals surface area contributed by atoms with Crippen LogP contribution < -0.4 is 10.1 Å². The molecule has 170 valence electrons. The minimum atomic E-state index is -0.528. The second kappa shape index (κ2) is 10.3. The Bertz CT molecular complexity index is 1240. The molecule has 0 spiro atoms. The van der Waals surface area contributed by atoms with Crippen molar-refractivity contribution >= 4 is 40.2 Å². The molecular formula is C24H23ClN4O4. The molecule has 0 fully saturated rings. The van der Waals surface area contributed by atoms with Crippen molar-refractivity contribution in [1.29, 1.82) is 0 Å². The molecule has 0 unspecified atom stereocenters. The van der Waals surface area contributed by atoms with Crippen LogP contribution in [0.3, 0.4) is 0 Å². The standard InChI is InChI=1S/C24H23ClN4O4/c1-3-4-7-13-32-23(30)16-14-26-24(25)29-21(16)27-18-11-8-9-15(20(18)31-2)22-28-17-10-5-6-12-19(17)33-22/h5-6,8-12,14H,3-4,7,13H2,1-2H3,(H,26,27,29). The first kappa shape index (κ1) is 22.5. The zero-order chi connectivity index (χ0) is 23.2. The molecule has 0 saturated carbocycles. The summed E-state index contributed by atoms with van der Waals surface area (Å²) in [7, 11) is 1.54. The van der Waals surface area contributed by atoms with Gasteiger partial charge in [0.15, 0.2) is 11.3 Å². The second-order valence-electron chi connectivity index (χ2n) is 7.24. The maximum absolute atomic E-state index is 12.6. The zero-order valence-electron chi connectivity index (χ0n) is 18.3. The molecule has 9 heteroatoms. The van der Waals surface area contributed by atoms with Crippen LogP contribution in [0, 0.1) is 0 Å². The van der Waals surface area contributed by atoms with Gasteiger partial charge in [0.25, 0.3) is 0 Å². The van der Waals surface area contributed by atoms with Gasteiger partial charge in [-0.05, 0) is 42.3 Å². The molecule has 0 amide bonds. The lowest BCUT2D eigenvalue weighted by atomic mass is 10.1. The summed E-state index contributed by atoms with van der Waals surface area (Å²) in [6.45, 7) is 2.41. The molecule has 0 aliphatic heterocycles. The largest absolute Gasteiger partial charge is 0.494 e. The summed E-state index contributed by atoms with van der Waals surface area (Å²) in [5.41, 5.74) is 2.77. The fourth-order valence-electron chi connectivity index (χ4n) is 3.34. The van der Waals surface area contributed by atoms with Crippen LogP contribution in [0.2, 0.25) is 5.28 Å². The number of oxazole rings is 1. The Balaban J connectivity index is 1.66. The third-order valence-corrected chi connectivity index (χ3v) is 5.14. The van der Waals surface area contributed by atoms with Crippen molar-refractivity contribution in [1.82, 2.24) is 15.0 Å². The molecule has 0 atom stereocenters. The molecule has 0 bridgehead atoms. The van der Waals surface area contributed by atoms with Crippen LogP contribution in [-0.4, -0.2) is 34.6 Å². The Morgan fingerprint density at radius 2 is 1.97 bits per heavy atom. The summed E-state index contributed by atoms with van der Waals surface area (Å²) >= 11 is 6.01. The van der Waals surface area contributed by atoms with Crippen molar-refractivity contribution in [3.8, 4) is 17.2 Å². The van der Waals surface area contributed by atoms with E-state index in [-0.39, 0.29) is 16.7 Å². The highest BCUT2D eigenvalue weighted by Gasteiger charge is 2.20. The number of methoxy groups -OCH3 is 1. The van der Waals surface area contributed by atoms with Crippen molar-refractivity contribution < 1.29 is 18.7 Å². The van der Waals surface area contributed by atoms with Crippen LogP contribution >= 0.6 is 11.6 Å². The number of fused-ring (bicyclic) bond motifs is 1. The molecule has 0 saturated heterocycles. The first-order valence-corrected chi connectivity index (χ1v) is 11.0. The van der Waals surface area contributed by atoms with E-state index in [1.54, 1.807) is 13.2 Å². The lowest BCUT2D eigenvalue weighted by molar-refractivity contribution is 0.0498. The second-order valence-corrected chi connectivity index (χ2v) is 7.58. The molecule has 2 aromatic carbocycles. The third kappa shape index (κ3) is 5.06. The smallest absolute Gasteiger partial charge is 0.343 e. The van der Waals surface area contributed by atoms with E-state index >= 15 is 0 Å². The number of halogens is 1. The predicted octanol–water partition coefficient (Wildman–Crippen LogP) is 6.04. The van der Waals surface area contributed by atoms with Crippen molar-refractivity contribution in [3.63, 3.8) is 0 Å². The average Bonchev–Trinajstić information content (AvgIpc) is 3.26. The Morgan fingerprint density at radius 3 is 2.76 bits per heavy atom. The molecule has 8 nitrogen and oxygen atoms in total. The normalized spacial score (nSPS) is 10.9. The number of carbonyl (C=O) groups excluding carboxylic acids is 1. The fourth-order valence-corrected chi connectivity index (χ4v) is 3.47. The van der Waals surface area contributed by atoms with E-state index in [1.165, 1.54) is 6.20 Å². The van der Waals surface area contributed by atoms with Crippen LogP contribution in [0.1, 0.15) is 36.5 Å². The Kier molecular flexibility index (Phi) is 7.04. The van der Waals surface area contributed by atoms with Crippen LogP contribution in [0.25, 0.3) is 22.6 Å². The molecule has 2 heterocycles.